The Morgan fingerprint density at radius 1 is 1.52 bits per heavy atom. The van der Waals surface area contributed by atoms with Gasteiger partial charge < -0.3 is 14.4 Å². The molecule has 0 aromatic carbocycles. The van der Waals surface area contributed by atoms with Crippen LogP contribution in [0.25, 0.3) is 0 Å². The summed E-state index contributed by atoms with van der Waals surface area (Å²) in [4.78, 5) is 17.7. The van der Waals surface area contributed by atoms with Gasteiger partial charge in [0.2, 0.25) is 11.8 Å². The van der Waals surface area contributed by atoms with Crippen LogP contribution in [0.4, 0.5) is 23.2 Å². The Balaban J connectivity index is 1.89. The van der Waals surface area contributed by atoms with E-state index in [2.05, 4.69) is 9.72 Å². The highest BCUT2D eigenvalue weighted by atomic mass is 19.3. The van der Waals surface area contributed by atoms with E-state index in [-0.39, 0.29) is 25.5 Å². The van der Waals surface area contributed by atoms with Crippen molar-refractivity contribution in [2.45, 2.75) is 25.7 Å². The number of aromatic nitrogens is 1. The minimum Gasteiger partial charge on any atom is -0.474 e. The number of hydrogen-bond acceptors (Lipinski definition) is 4. The molecule has 9 heteroatoms. The highest BCUT2D eigenvalue weighted by molar-refractivity contribution is 5.95. The minimum absolute atomic E-state index is 0.202. The predicted molar refractivity (Wildman–Crippen MR) is 73.2 cm³/mol. The highest BCUT2D eigenvalue weighted by Crippen LogP contribution is 2.30. The van der Waals surface area contributed by atoms with E-state index >= 15 is 0 Å². The van der Waals surface area contributed by atoms with E-state index in [1.54, 1.807) is 19.2 Å². The molecule has 0 N–H and O–H groups in total. The van der Waals surface area contributed by atoms with Gasteiger partial charge in [0.05, 0.1) is 19.6 Å². The first-order valence-electron chi connectivity index (χ1n) is 6.95. The highest BCUT2D eigenvalue weighted by Gasteiger charge is 2.41. The molecule has 1 aromatic heterocycles. The van der Waals surface area contributed by atoms with Gasteiger partial charge in [0.1, 0.15) is 18.9 Å². The second-order valence-corrected chi connectivity index (χ2v) is 5.10. The molecule has 0 unspecified atom stereocenters. The number of carbonyl (C=O) groups excluding carboxylic acids is 1. The lowest BCUT2D eigenvalue weighted by Crippen LogP contribution is -2.39. The van der Waals surface area contributed by atoms with Crippen molar-refractivity contribution in [2.75, 3.05) is 31.3 Å². The SMILES string of the molecule is Cc1cnc2c(c1)N(C(=O)CCOCC(F)(F)C(F)F)CCO2. The molecule has 0 bridgehead atoms. The van der Waals surface area contributed by atoms with Gasteiger partial charge in [-0.2, -0.15) is 8.78 Å². The lowest BCUT2D eigenvalue weighted by atomic mass is 10.2. The first-order chi connectivity index (χ1) is 10.8. The zero-order valence-corrected chi connectivity index (χ0v) is 12.4. The van der Waals surface area contributed by atoms with E-state index < -0.39 is 19.0 Å². The average Bonchev–Trinajstić information content (AvgIpc) is 2.50. The van der Waals surface area contributed by atoms with Crippen molar-refractivity contribution >= 4 is 11.6 Å². The van der Waals surface area contributed by atoms with E-state index in [0.717, 1.165) is 5.56 Å². The summed E-state index contributed by atoms with van der Waals surface area (Å²) in [7, 11) is 0. The second kappa shape index (κ2) is 7.12. The Morgan fingerprint density at radius 2 is 2.26 bits per heavy atom. The van der Waals surface area contributed by atoms with Gasteiger partial charge >= 0.3 is 12.3 Å². The second-order valence-electron chi connectivity index (χ2n) is 5.10. The molecule has 2 rings (SSSR count). The van der Waals surface area contributed by atoms with Gasteiger partial charge in [-0.05, 0) is 18.6 Å². The molecule has 0 spiro atoms. The summed E-state index contributed by atoms with van der Waals surface area (Å²) in [6, 6.07) is 1.73. The number of rotatable bonds is 6. The van der Waals surface area contributed by atoms with Crippen LogP contribution in [0.3, 0.4) is 0 Å². The summed E-state index contributed by atoms with van der Waals surface area (Å²) in [6.07, 6.45) is -2.40. The topological polar surface area (TPSA) is 51.7 Å². The number of hydrogen-bond donors (Lipinski definition) is 0. The summed E-state index contributed by atoms with van der Waals surface area (Å²) in [5, 5.41) is 0. The molecule has 128 valence electrons. The van der Waals surface area contributed by atoms with Crippen molar-refractivity contribution in [3.63, 3.8) is 0 Å². The standard InChI is InChI=1S/C14H16F4N2O3/c1-9-6-10-12(19-7-9)23-5-3-20(10)11(21)2-4-22-8-14(17,18)13(15)16/h6-7,13H,2-5,8H2,1H3. The van der Waals surface area contributed by atoms with E-state index in [0.29, 0.717) is 18.1 Å². The average molecular weight is 336 g/mol. The number of ether oxygens (including phenoxy) is 2. The van der Waals surface area contributed by atoms with Gasteiger partial charge in [0.25, 0.3) is 0 Å². The van der Waals surface area contributed by atoms with Crippen molar-refractivity contribution in [1.29, 1.82) is 0 Å². The number of carbonyl (C=O) groups is 1. The van der Waals surface area contributed by atoms with Crippen LogP contribution in [0.15, 0.2) is 12.3 Å². The molecule has 0 radical (unpaired) electrons. The van der Waals surface area contributed by atoms with E-state index in [4.69, 9.17) is 4.74 Å². The molecular weight excluding hydrogens is 320 g/mol. The van der Waals surface area contributed by atoms with E-state index in [9.17, 15) is 22.4 Å². The van der Waals surface area contributed by atoms with Gasteiger partial charge in [0.15, 0.2) is 0 Å². The molecule has 1 aliphatic heterocycles. The van der Waals surface area contributed by atoms with Crippen LogP contribution in [0.5, 0.6) is 5.88 Å². The molecule has 1 aliphatic rings. The molecule has 0 saturated carbocycles. The third-order valence-corrected chi connectivity index (χ3v) is 3.19. The lowest BCUT2D eigenvalue weighted by molar-refractivity contribution is -0.166. The summed E-state index contributed by atoms with van der Waals surface area (Å²) >= 11 is 0. The summed E-state index contributed by atoms with van der Waals surface area (Å²) in [5.74, 6) is -4.27. The maximum absolute atomic E-state index is 12.7. The smallest absolute Gasteiger partial charge is 0.330 e. The largest absolute Gasteiger partial charge is 0.474 e. The third-order valence-electron chi connectivity index (χ3n) is 3.19. The minimum atomic E-state index is -4.21. The molecule has 0 aliphatic carbocycles. The molecule has 2 heterocycles. The number of pyridine rings is 1. The summed E-state index contributed by atoms with van der Waals surface area (Å²) in [5.41, 5.74) is 1.33. The number of halogens is 4. The van der Waals surface area contributed by atoms with Gasteiger partial charge in [-0.25, -0.2) is 13.8 Å². The molecule has 0 saturated heterocycles. The zero-order valence-electron chi connectivity index (χ0n) is 12.4. The number of aryl methyl sites for hydroxylation is 1. The third kappa shape index (κ3) is 4.31. The fourth-order valence-corrected chi connectivity index (χ4v) is 2.02. The van der Waals surface area contributed by atoms with Crippen molar-refractivity contribution in [3.8, 4) is 5.88 Å². The first-order valence-corrected chi connectivity index (χ1v) is 6.95. The molecule has 0 fully saturated rings. The number of anilines is 1. The van der Waals surface area contributed by atoms with Gasteiger partial charge in [-0.3, -0.25) is 4.79 Å². The fourth-order valence-electron chi connectivity index (χ4n) is 2.02. The molecule has 5 nitrogen and oxygen atoms in total. The number of alkyl halides is 4. The fraction of sp³-hybridized carbons (Fsp3) is 0.571. The molecule has 1 aromatic rings. The van der Waals surface area contributed by atoms with Crippen LogP contribution in [0, 0.1) is 6.92 Å². The normalized spacial score (nSPS) is 14.6. The van der Waals surface area contributed by atoms with Crippen LogP contribution in [0.2, 0.25) is 0 Å². The van der Waals surface area contributed by atoms with Crippen molar-refractivity contribution in [2.24, 2.45) is 0 Å². The zero-order chi connectivity index (χ0) is 17.0. The van der Waals surface area contributed by atoms with Crippen LogP contribution in [-0.2, 0) is 9.53 Å². The van der Waals surface area contributed by atoms with Crippen LogP contribution in [0.1, 0.15) is 12.0 Å². The molecular formula is C14H16F4N2O3. The Labute approximate surface area is 130 Å². The summed E-state index contributed by atoms with van der Waals surface area (Å²) in [6.45, 7) is 0.578. The van der Waals surface area contributed by atoms with Gasteiger partial charge in [-0.1, -0.05) is 0 Å². The first kappa shape index (κ1) is 17.5. The lowest BCUT2D eigenvalue weighted by Gasteiger charge is -2.29. The van der Waals surface area contributed by atoms with Crippen molar-refractivity contribution in [3.05, 3.63) is 17.8 Å². The Hall–Kier alpha value is -1.90. The maximum Gasteiger partial charge on any atom is 0.330 e. The van der Waals surface area contributed by atoms with Crippen LogP contribution in [-0.4, -0.2) is 49.6 Å². The van der Waals surface area contributed by atoms with Gasteiger partial charge in [-0.15, -0.1) is 0 Å². The Bertz CT molecular complexity index is 569. The van der Waals surface area contributed by atoms with Crippen molar-refractivity contribution in [1.82, 2.24) is 4.98 Å². The van der Waals surface area contributed by atoms with Crippen LogP contribution < -0.4 is 9.64 Å². The molecule has 1 amide bonds. The van der Waals surface area contributed by atoms with Crippen LogP contribution >= 0.6 is 0 Å². The van der Waals surface area contributed by atoms with E-state index in [1.807, 2.05) is 0 Å². The van der Waals surface area contributed by atoms with Crippen molar-refractivity contribution < 1.29 is 31.8 Å². The number of nitrogens with zero attached hydrogens (tertiary/aromatic N) is 2. The van der Waals surface area contributed by atoms with Gasteiger partial charge in [0, 0.05) is 6.20 Å². The number of amides is 1. The molecule has 0 atom stereocenters. The Kier molecular flexibility index (Phi) is 5.40. The predicted octanol–water partition coefficient (Wildman–Crippen LogP) is 2.42. The van der Waals surface area contributed by atoms with E-state index in [1.165, 1.54) is 4.90 Å². The molecule has 23 heavy (non-hydrogen) atoms. The monoisotopic (exact) mass is 336 g/mol. The number of fused-ring (bicyclic) bond motifs is 1. The quantitative estimate of drug-likeness (QED) is 0.591. The summed E-state index contributed by atoms with van der Waals surface area (Å²) < 4.78 is 59.1. The Morgan fingerprint density at radius 3 is 2.96 bits per heavy atom. The maximum atomic E-state index is 12.7.